The second-order valence-electron chi connectivity index (χ2n) is 9.42. The van der Waals surface area contributed by atoms with E-state index in [9.17, 15) is 13.5 Å². The third kappa shape index (κ3) is 5.93. The fourth-order valence-electron chi connectivity index (χ4n) is 4.48. The highest BCUT2D eigenvalue weighted by atomic mass is 32.2. The number of piperazine rings is 1. The van der Waals surface area contributed by atoms with Gasteiger partial charge in [0.25, 0.3) is 0 Å². The molecule has 192 valence electrons. The van der Waals surface area contributed by atoms with E-state index in [0.717, 1.165) is 61.8 Å². The van der Waals surface area contributed by atoms with Gasteiger partial charge in [0.05, 0.1) is 28.3 Å². The number of anilines is 2. The standard InChI is InChI=1S/C25H32N6O3S2/c1-29-12-14-31(15-13-29)36(33,34)22-5-2-19(3-6-22)27-25-17-26-16-23(28-25)24-7-4-21(35-24)18-30-10-8-20(32)9-11-30/h2-7,16-17,20,32H,8-15,18H2,1H3,(H,27,28). The van der Waals surface area contributed by atoms with Crippen molar-refractivity contribution in [3.63, 3.8) is 0 Å². The lowest BCUT2D eigenvalue weighted by Gasteiger charge is -2.31. The molecule has 5 rings (SSSR count). The second kappa shape index (κ2) is 10.9. The molecule has 2 aromatic heterocycles. The Morgan fingerprint density at radius 1 is 1.00 bits per heavy atom. The highest BCUT2D eigenvalue weighted by Crippen LogP contribution is 2.29. The molecule has 0 unspecified atom stereocenters. The average Bonchev–Trinajstić information content (AvgIpc) is 3.35. The first kappa shape index (κ1) is 25.2. The van der Waals surface area contributed by atoms with Gasteiger partial charge in [0.15, 0.2) is 0 Å². The molecule has 0 saturated carbocycles. The van der Waals surface area contributed by atoms with Gasteiger partial charge in [-0.25, -0.2) is 13.4 Å². The van der Waals surface area contributed by atoms with E-state index in [1.807, 2.05) is 7.05 Å². The number of aliphatic hydroxyl groups is 1. The van der Waals surface area contributed by atoms with Crippen LogP contribution in [0.15, 0.2) is 53.7 Å². The van der Waals surface area contributed by atoms with Crippen molar-refractivity contribution in [2.24, 2.45) is 0 Å². The summed E-state index contributed by atoms with van der Waals surface area (Å²) in [6, 6.07) is 11.0. The average molecular weight is 529 g/mol. The molecule has 0 amide bonds. The van der Waals surface area contributed by atoms with E-state index in [0.29, 0.717) is 23.8 Å². The Bertz CT molecular complexity index is 1260. The van der Waals surface area contributed by atoms with Gasteiger partial charge in [-0.1, -0.05) is 0 Å². The Morgan fingerprint density at radius 2 is 1.72 bits per heavy atom. The third-order valence-electron chi connectivity index (χ3n) is 6.71. The van der Waals surface area contributed by atoms with Crippen molar-refractivity contribution < 1.29 is 13.5 Å². The Labute approximate surface area is 216 Å². The van der Waals surface area contributed by atoms with E-state index in [1.165, 1.54) is 4.88 Å². The predicted molar refractivity (Wildman–Crippen MR) is 142 cm³/mol. The third-order valence-corrected chi connectivity index (χ3v) is 9.72. The Kier molecular flexibility index (Phi) is 7.65. The van der Waals surface area contributed by atoms with Gasteiger partial charge in [-0.3, -0.25) is 9.88 Å². The summed E-state index contributed by atoms with van der Waals surface area (Å²) in [6.07, 6.45) is 4.92. The van der Waals surface area contributed by atoms with Gasteiger partial charge in [0, 0.05) is 56.4 Å². The lowest BCUT2D eigenvalue weighted by atomic mass is 10.1. The Morgan fingerprint density at radius 3 is 2.44 bits per heavy atom. The number of likely N-dealkylation sites (N-methyl/N-ethyl adjacent to an activating group) is 1. The molecule has 0 radical (unpaired) electrons. The summed E-state index contributed by atoms with van der Waals surface area (Å²) in [4.78, 5) is 16.2. The number of aliphatic hydroxyl groups excluding tert-OH is 1. The van der Waals surface area contributed by atoms with Gasteiger partial charge >= 0.3 is 0 Å². The summed E-state index contributed by atoms with van der Waals surface area (Å²) in [5, 5.41) is 13.0. The summed E-state index contributed by atoms with van der Waals surface area (Å²) >= 11 is 1.70. The zero-order valence-corrected chi connectivity index (χ0v) is 22.0. The summed E-state index contributed by atoms with van der Waals surface area (Å²) in [5.74, 6) is 0.599. The minimum absolute atomic E-state index is 0.164. The molecule has 2 aliphatic rings. The number of rotatable bonds is 7. The van der Waals surface area contributed by atoms with Crippen molar-refractivity contribution in [1.29, 1.82) is 0 Å². The summed E-state index contributed by atoms with van der Waals surface area (Å²) in [5.41, 5.74) is 1.54. The van der Waals surface area contributed by atoms with Crippen LogP contribution in [-0.2, 0) is 16.6 Å². The maximum Gasteiger partial charge on any atom is 0.243 e. The van der Waals surface area contributed by atoms with Crippen molar-refractivity contribution in [3.8, 4) is 10.6 Å². The first-order valence-electron chi connectivity index (χ1n) is 12.2. The van der Waals surface area contributed by atoms with E-state index in [4.69, 9.17) is 4.98 Å². The van der Waals surface area contributed by atoms with Crippen molar-refractivity contribution in [3.05, 3.63) is 53.7 Å². The largest absolute Gasteiger partial charge is 0.393 e. The number of benzene rings is 1. The number of aromatic nitrogens is 2. The van der Waals surface area contributed by atoms with E-state index < -0.39 is 10.0 Å². The number of likely N-dealkylation sites (tertiary alicyclic amines) is 1. The molecule has 3 aromatic rings. The van der Waals surface area contributed by atoms with Gasteiger partial charge in [-0.05, 0) is 56.3 Å². The monoisotopic (exact) mass is 528 g/mol. The van der Waals surface area contributed by atoms with Crippen LogP contribution in [0.2, 0.25) is 0 Å². The van der Waals surface area contributed by atoms with Gasteiger partial charge in [-0.2, -0.15) is 4.31 Å². The highest BCUT2D eigenvalue weighted by Gasteiger charge is 2.27. The molecule has 0 spiro atoms. The molecule has 4 heterocycles. The molecule has 36 heavy (non-hydrogen) atoms. The summed E-state index contributed by atoms with van der Waals surface area (Å²) < 4.78 is 27.5. The van der Waals surface area contributed by atoms with Crippen molar-refractivity contribution in [1.82, 2.24) is 24.1 Å². The number of hydrogen-bond donors (Lipinski definition) is 2. The molecule has 0 aliphatic carbocycles. The molecule has 2 fully saturated rings. The van der Waals surface area contributed by atoms with Crippen molar-refractivity contribution in [2.75, 3.05) is 51.6 Å². The fourth-order valence-corrected chi connectivity index (χ4v) is 6.91. The van der Waals surface area contributed by atoms with Crippen LogP contribution in [0, 0.1) is 0 Å². The Hall–Kier alpha value is -2.41. The van der Waals surface area contributed by atoms with Crippen molar-refractivity contribution in [2.45, 2.75) is 30.4 Å². The normalized spacial score (nSPS) is 18.9. The van der Waals surface area contributed by atoms with Crippen LogP contribution in [0.25, 0.3) is 10.6 Å². The van der Waals surface area contributed by atoms with Crippen LogP contribution in [0.1, 0.15) is 17.7 Å². The van der Waals surface area contributed by atoms with E-state index in [-0.39, 0.29) is 6.10 Å². The smallest absolute Gasteiger partial charge is 0.243 e. The quantitative estimate of drug-likeness (QED) is 0.483. The number of thiophene rings is 1. The molecule has 1 aromatic carbocycles. The maximum absolute atomic E-state index is 13.0. The molecule has 11 heteroatoms. The van der Waals surface area contributed by atoms with E-state index in [2.05, 4.69) is 32.2 Å². The lowest BCUT2D eigenvalue weighted by Crippen LogP contribution is -2.46. The van der Waals surface area contributed by atoms with Crippen LogP contribution in [0.3, 0.4) is 0 Å². The Balaban J connectivity index is 1.23. The number of nitrogens with zero attached hydrogens (tertiary/aromatic N) is 5. The van der Waals surface area contributed by atoms with Gasteiger partial charge < -0.3 is 15.3 Å². The molecule has 9 nitrogen and oxygen atoms in total. The summed E-state index contributed by atoms with van der Waals surface area (Å²) in [7, 11) is -1.49. The van der Waals surface area contributed by atoms with E-state index in [1.54, 1.807) is 52.3 Å². The summed E-state index contributed by atoms with van der Waals surface area (Å²) in [6.45, 7) is 5.21. The topological polar surface area (TPSA) is 102 Å². The molecule has 0 atom stereocenters. The molecule has 2 aliphatic heterocycles. The van der Waals surface area contributed by atoms with Crippen molar-refractivity contribution >= 4 is 32.9 Å². The molecule has 2 saturated heterocycles. The minimum Gasteiger partial charge on any atom is -0.393 e. The second-order valence-corrected chi connectivity index (χ2v) is 12.5. The first-order chi connectivity index (χ1) is 17.4. The van der Waals surface area contributed by atoms with Crippen LogP contribution >= 0.6 is 11.3 Å². The first-order valence-corrected chi connectivity index (χ1v) is 14.5. The number of piperidine rings is 1. The van der Waals surface area contributed by atoms with Crippen LogP contribution in [-0.4, -0.2) is 90.0 Å². The molecular formula is C25H32N6O3S2. The lowest BCUT2D eigenvalue weighted by molar-refractivity contribution is 0.0797. The van der Waals surface area contributed by atoms with Crippen LogP contribution < -0.4 is 5.32 Å². The zero-order chi connectivity index (χ0) is 25.1. The number of nitrogens with one attached hydrogen (secondary N) is 1. The molecule has 2 N–H and O–H groups in total. The van der Waals surface area contributed by atoms with Gasteiger partial charge in [0.1, 0.15) is 11.5 Å². The van der Waals surface area contributed by atoms with Crippen LogP contribution in [0.5, 0.6) is 0 Å². The van der Waals surface area contributed by atoms with Gasteiger partial charge in [0.2, 0.25) is 10.0 Å². The zero-order valence-electron chi connectivity index (χ0n) is 20.4. The predicted octanol–water partition coefficient (Wildman–Crippen LogP) is 2.84. The number of sulfonamides is 1. The number of hydrogen-bond acceptors (Lipinski definition) is 9. The maximum atomic E-state index is 13.0. The van der Waals surface area contributed by atoms with Gasteiger partial charge in [-0.15, -0.1) is 11.3 Å². The molecule has 0 bridgehead atoms. The van der Waals surface area contributed by atoms with Crippen LogP contribution in [0.4, 0.5) is 11.5 Å². The molecular weight excluding hydrogens is 496 g/mol. The highest BCUT2D eigenvalue weighted by molar-refractivity contribution is 7.89. The minimum atomic E-state index is -3.49. The SMILES string of the molecule is CN1CCN(S(=O)(=O)c2ccc(Nc3cncc(-c4ccc(CN5CCC(O)CC5)s4)n3)cc2)CC1. The fraction of sp³-hybridized carbons (Fsp3) is 0.440. The van der Waals surface area contributed by atoms with E-state index >= 15 is 0 Å².